The monoisotopic (exact) mass is 251 g/mol. The number of nitrogens with zero attached hydrogens (tertiary/aromatic N) is 1. The topological polar surface area (TPSA) is 54.0 Å². The Kier molecular flexibility index (Phi) is 3.50. The van der Waals surface area contributed by atoms with Crippen molar-refractivity contribution in [3.63, 3.8) is 0 Å². The molecule has 0 spiro atoms. The number of hydrogen-bond donors (Lipinski definition) is 2. The summed E-state index contributed by atoms with van der Waals surface area (Å²) in [7, 11) is 0. The summed E-state index contributed by atoms with van der Waals surface area (Å²) in [5, 5.41) is 5.92. The summed E-state index contributed by atoms with van der Waals surface area (Å²) >= 11 is 0. The molecule has 0 radical (unpaired) electrons. The standard InChI is InChI=1S/C13H18FN3O/c1-3-15-11-10(7-9(14)8-16-11)12(18)17-13(2)5-4-6-13/h7-8H,3-6H2,1-2H3,(H,15,16)(H,17,18). The molecule has 1 amide bonds. The molecule has 0 aliphatic heterocycles. The Bertz CT molecular complexity index is 458. The maximum Gasteiger partial charge on any atom is 0.255 e. The van der Waals surface area contributed by atoms with E-state index < -0.39 is 5.82 Å². The van der Waals surface area contributed by atoms with Crippen LogP contribution in [-0.4, -0.2) is 23.0 Å². The van der Waals surface area contributed by atoms with Crippen molar-refractivity contribution in [2.24, 2.45) is 0 Å². The first-order chi connectivity index (χ1) is 8.54. The van der Waals surface area contributed by atoms with Gasteiger partial charge < -0.3 is 10.6 Å². The number of carbonyl (C=O) groups is 1. The number of carbonyl (C=O) groups excluding carboxylic acids is 1. The number of hydrogen-bond acceptors (Lipinski definition) is 3. The second-order valence-electron chi connectivity index (χ2n) is 4.95. The van der Waals surface area contributed by atoms with Crippen molar-refractivity contribution in [1.82, 2.24) is 10.3 Å². The second kappa shape index (κ2) is 4.92. The Hall–Kier alpha value is -1.65. The van der Waals surface area contributed by atoms with Gasteiger partial charge in [0.25, 0.3) is 5.91 Å². The first kappa shape index (κ1) is 12.8. The molecule has 1 aromatic heterocycles. The Morgan fingerprint density at radius 2 is 2.28 bits per heavy atom. The third kappa shape index (κ3) is 2.60. The lowest BCUT2D eigenvalue weighted by molar-refractivity contribution is 0.0850. The molecule has 0 aromatic carbocycles. The number of anilines is 1. The minimum atomic E-state index is -0.499. The largest absolute Gasteiger partial charge is 0.370 e. The van der Waals surface area contributed by atoms with Crippen LogP contribution in [0.2, 0.25) is 0 Å². The van der Waals surface area contributed by atoms with E-state index in [1.54, 1.807) is 0 Å². The van der Waals surface area contributed by atoms with Crippen LogP contribution in [-0.2, 0) is 0 Å². The fourth-order valence-electron chi connectivity index (χ4n) is 2.09. The molecule has 2 N–H and O–H groups in total. The van der Waals surface area contributed by atoms with Crippen LogP contribution in [0.5, 0.6) is 0 Å². The van der Waals surface area contributed by atoms with E-state index in [1.807, 2.05) is 13.8 Å². The van der Waals surface area contributed by atoms with Crippen LogP contribution in [0.4, 0.5) is 10.2 Å². The molecule has 98 valence electrons. The summed E-state index contributed by atoms with van der Waals surface area (Å²) in [5.74, 6) is -0.333. The zero-order valence-corrected chi connectivity index (χ0v) is 10.7. The van der Waals surface area contributed by atoms with E-state index in [0.717, 1.165) is 25.5 Å². The van der Waals surface area contributed by atoms with Crippen molar-refractivity contribution in [3.05, 3.63) is 23.6 Å². The molecule has 0 atom stereocenters. The van der Waals surface area contributed by atoms with Gasteiger partial charge in [0.1, 0.15) is 11.6 Å². The van der Waals surface area contributed by atoms with E-state index in [4.69, 9.17) is 0 Å². The van der Waals surface area contributed by atoms with E-state index in [2.05, 4.69) is 15.6 Å². The third-order valence-electron chi connectivity index (χ3n) is 3.32. The summed E-state index contributed by atoms with van der Waals surface area (Å²) in [6.45, 7) is 4.55. The van der Waals surface area contributed by atoms with Gasteiger partial charge in [-0.05, 0) is 39.2 Å². The smallest absolute Gasteiger partial charge is 0.255 e. The third-order valence-corrected chi connectivity index (χ3v) is 3.32. The summed E-state index contributed by atoms with van der Waals surface area (Å²) in [4.78, 5) is 16.1. The predicted octanol–water partition coefficient (Wildman–Crippen LogP) is 2.32. The molecule has 1 aliphatic rings. The highest BCUT2D eigenvalue weighted by Crippen LogP contribution is 2.31. The van der Waals surface area contributed by atoms with Crippen molar-refractivity contribution in [3.8, 4) is 0 Å². The number of aromatic nitrogens is 1. The van der Waals surface area contributed by atoms with Gasteiger partial charge in [-0.15, -0.1) is 0 Å². The Morgan fingerprint density at radius 1 is 1.56 bits per heavy atom. The molecule has 0 bridgehead atoms. The molecule has 1 aromatic rings. The highest BCUT2D eigenvalue weighted by Gasteiger charge is 2.34. The van der Waals surface area contributed by atoms with E-state index in [0.29, 0.717) is 12.4 Å². The molecule has 1 aliphatic carbocycles. The molecule has 5 heteroatoms. The molecular weight excluding hydrogens is 233 g/mol. The lowest BCUT2D eigenvalue weighted by Crippen LogP contribution is -2.51. The molecular formula is C13H18FN3O. The van der Waals surface area contributed by atoms with E-state index in [9.17, 15) is 9.18 Å². The summed E-state index contributed by atoms with van der Waals surface area (Å²) in [6, 6.07) is 1.22. The Labute approximate surface area is 106 Å². The fraction of sp³-hybridized carbons (Fsp3) is 0.538. The van der Waals surface area contributed by atoms with Gasteiger partial charge in [-0.2, -0.15) is 0 Å². The highest BCUT2D eigenvalue weighted by atomic mass is 19.1. The summed E-state index contributed by atoms with van der Waals surface area (Å²) in [5.41, 5.74) is 0.123. The number of rotatable bonds is 4. The van der Waals surface area contributed by atoms with Gasteiger partial charge in [0.05, 0.1) is 11.8 Å². The van der Waals surface area contributed by atoms with Gasteiger partial charge >= 0.3 is 0 Å². The maximum atomic E-state index is 13.2. The number of amides is 1. The van der Waals surface area contributed by atoms with Crippen LogP contribution >= 0.6 is 0 Å². The minimum Gasteiger partial charge on any atom is -0.370 e. The van der Waals surface area contributed by atoms with Crippen LogP contribution in [0, 0.1) is 5.82 Å². The van der Waals surface area contributed by atoms with Crippen LogP contribution in [0.1, 0.15) is 43.5 Å². The van der Waals surface area contributed by atoms with E-state index >= 15 is 0 Å². The zero-order chi connectivity index (χ0) is 13.2. The molecule has 1 heterocycles. The number of pyridine rings is 1. The van der Waals surface area contributed by atoms with Gasteiger partial charge in [0.15, 0.2) is 0 Å². The van der Waals surface area contributed by atoms with Crippen LogP contribution in [0.3, 0.4) is 0 Å². The van der Waals surface area contributed by atoms with Gasteiger partial charge in [0, 0.05) is 12.1 Å². The lowest BCUT2D eigenvalue weighted by Gasteiger charge is -2.39. The average molecular weight is 251 g/mol. The van der Waals surface area contributed by atoms with Gasteiger partial charge in [-0.1, -0.05) is 0 Å². The van der Waals surface area contributed by atoms with E-state index in [1.165, 1.54) is 6.07 Å². The zero-order valence-electron chi connectivity index (χ0n) is 10.7. The van der Waals surface area contributed by atoms with Crippen molar-refractivity contribution >= 4 is 11.7 Å². The average Bonchev–Trinajstić information content (AvgIpc) is 2.29. The van der Waals surface area contributed by atoms with Gasteiger partial charge in [-0.3, -0.25) is 4.79 Å². The molecule has 18 heavy (non-hydrogen) atoms. The molecule has 2 rings (SSSR count). The predicted molar refractivity (Wildman–Crippen MR) is 68.1 cm³/mol. The van der Waals surface area contributed by atoms with Crippen molar-refractivity contribution in [2.75, 3.05) is 11.9 Å². The SMILES string of the molecule is CCNc1ncc(F)cc1C(=O)NC1(C)CCC1. The quantitative estimate of drug-likeness (QED) is 0.863. The van der Waals surface area contributed by atoms with Crippen molar-refractivity contribution in [1.29, 1.82) is 0 Å². The van der Waals surface area contributed by atoms with Crippen molar-refractivity contribution < 1.29 is 9.18 Å². The second-order valence-corrected chi connectivity index (χ2v) is 4.95. The normalized spacial score (nSPS) is 16.8. The van der Waals surface area contributed by atoms with E-state index in [-0.39, 0.29) is 17.0 Å². The van der Waals surface area contributed by atoms with Crippen LogP contribution < -0.4 is 10.6 Å². The maximum absolute atomic E-state index is 13.2. The van der Waals surface area contributed by atoms with Crippen molar-refractivity contribution in [2.45, 2.75) is 38.6 Å². The lowest BCUT2D eigenvalue weighted by atomic mass is 9.78. The molecule has 1 saturated carbocycles. The summed E-state index contributed by atoms with van der Waals surface area (Å²) in [6.07, 6.45) is 4.17. The Morgan fingerprint density at radius 3 is 2.83 bits per heavy atom. The number of halogens is 1. The first-order valence-electron chi connectivity index (χ1n) is 6.26. The number of nitrogens with one attached hydrogen (secondary N) is 2. The van der Waals surface area contributed by atoms with Crippen LogP contribution in [0.25, 0.3) is 0 Å². The Balaban J connectivity index is 2.19. The molecule has 1 fully saturated rings. The summed E-state index contributed by atoms with van der Waals surface area (Å²) < 4.78 is 13.2. The fourth-order valence-corrected chi connectivity index (χ4v) is 2.09. The first-order valence-corrected chi connectivity index (χ1v) is 6.26. The molecule has 0 unspecified atom stereocenters. The minimum absolute atomic E-state index is 0.146. The van der Waals surface area contributed by atoms with Gasteiger partial charge in [-0.25, -0.2) is 9.37 Å². The van der Waals surface area contributed by atoms with Crippen LogP contribution in [0.15, 0.2) is 12.3 Å². The van der Waals surface area contributed by atoms with Gasteiger partial charge in [0.2, 0.25) is 0 Å². The molecule has 4 nitrogen and oxygen atoms in total. The molecule has 0 saturated heterocycles. The highest BCUT2D eigenvalue weighted by molar-refractivity contribution is 5.99.